The van der Waals surface area contributed by atoms with Crippen molar-refractivity contribution in [2.24, 2.45) is 0 Å². The Hall–Kier alpha value is 0.905. The third-order valence-corrected chi connectivity index (χ3v) is 7.29. The molecule has 0 atom stereocenters. The standard InChI is InChI=1S/2C8H13Si.2CH3.2ClH.H2Si.Ti/c2*1-9(2,3)8-6-4-5-7-8;;;;;;/h2*6-7H,4H2,1-3H3;2*1H3;2*1H;1H2;/q4*-1;;;;. The van der Waals surface area contributed by atoms with Crippen LogP contribution in [0.2, 0.25) is 39.3 Å². The van der Waals surface area contributed by atoms with Gasteiger partial charge in [-0.1, -0.05) is 39.3 Å². The van der Waals surface area contributed by atoms with Crippen LogP contribution in [-0.4, -0.2) is 23.8 Å². The Morgan fingerprint density at radius 3 is 1.08 bits per heavy atom. The Labute approximate surface area is 180 Å². The summed E-state index contributed by atoms with van der Waals surface area (Å²) in [7, 11) is -0.101. The van der Waals surface area contributed by atoms with Gasteiger partial charge in [-0.15, -0.1) is 37.7 Å². The van der Waals surface area contributed by atoms with E-state index in [4.69, 9.17) is 0 Å². The fraction of sp³-hybridized carbons (Fsp3) is 0.444. The van der Waals surface area contributed by atoms with Crippen LogP contribution in [0.4, 0.5) is 0 Å². The third-order valence-electron chi connectivity index (χ3n) is 3.13. The number of allylic oxidation sites excluding steroid dienone is 8. The van der Waals surface area contributed by atoms with E-state index in [1.165, 1.54) is 0 Å². The number of hydrogen-bond donors (Lipinski definition) is 0. The minimum absolute atomic E-state index is 0. The topological polar surface area (TPSA) is 0 Å². The number of halogens is 2. The van der Waals surface area contributed by atoms with Crippen molar-refractivity contribution < 1.29 is 19.2 Å². The first-order valence-electron chi connectivity index (χ1n) is 7.11. The van der Waals surface area contributed by atoms with Crippen LogP contribution in [0.1, 0.15) is 12.8 Å². The van der Waals surface area contributed by atoms with Gasteiger partial charge in [0, 0.05) is 0 Å². The maximum atomic E-state index is 3.20. The normalized spacial score (nSPS) is 13.9. The van der Waals surface area contributed by atoms with E-state index in [0.717, 1.165) is 12.8 Å². The first-order chi connectivity index (χ1) is 9.21. The zero-order chi connectivity index (χ0) is 15.8. The fourth-order valence-corrected chi connectivity index (χ4v) is 4.34. The Morgan fingerprint density at radius 1 is 0.750 bits per heavy atom. The number of hydrogen-bond acceptors (Lipinski definition) is 0. The van der Waals surface area contributed by atoms with Gasteiger partial charge >= 0.3 is 26.8 Å². The van der Waals surface area contributed by atoms with Crippen molar-refractivity contribution in [2.45, 2.75) is 52.1 Å². The van der Waals surface area contributed by atoms with E-state index >= 15 is 0 Å². The van der Waals surface area contributed by atoms with Crippen LogP contribution < -0.4 is 0 Å². The maximum absolute atomic E-state index is 3.20. The molecule has 0 aliphatic heterocycles. The Morgan fingerprint density at radius 2 is 1.00 bits per heavy atom. The molecule has 0 heterocycles. The van der Waals surface area contributed by atoms with Crippen molar-refractivity contribution in [3.63, 3.8) is 0 Å². The zero-order valence-corrected chi connectivity index (χ0v) is 23.4. The van der Waals surface area contributed by atoms with Crippen molar-refractivity contribution in [1.29, 1.82) is 0 Å². The van der Waals surface area contributed by atoms with Crippen LogP contribution in [0.15, 0.2) is 34.7 Å². The van der Waals surface area contributed by atoms with Gasteiger partial charge in [0.25, 0.3) is 0 Å². The molecule has 0 radical (unpaired) electrons. The fourth-order valence-electron chi connectivity index (χ4n) is 1.84. The van der Waals surface area contributed by atoms with Crippen LogP contribution in [0, 0.1) is 27.0 Å². The Kier molecular flexibility index (Phi) is 25.9. The van der Waals surface area contributed by atoms with E-state index in [1.54, 1.807) is 10.4 Å². The molecule has 0 unspecified atom stereocenters. The van der Waals surface area contributed by atoms with Crippen molar-refractivity contribution in [3.8, 4) is 0 Å². The van der Waals surface area contributed by atoms with Crippen LogP contribution >= 0.6 is 24.8 Å². The van der Waals surface area contributed by atoms with Gasteiger partial charge in [-0.2, -0.15) is 12.2 Å². The summed E-state index contributed by atoms with van der Waals surface area (Å²) in [5, 5.41) is 3.12. The van der Waals surface area contributed by atoms with Crippen LogP contribution in [0.5, 0.6) is 0 Å². The molecule has 0 bridgehead atoms. The van der Waals surface area contributed by atoms with Crippen LogP contribution in [0.3, 0.4) is 0 Å². The summed E-state index contributed by atoms with van der Waals surface area (Å²) in [6, 6.07) is 0. The molecule has 2 aliphatic carbocycles. The van der Waals surface area contributed by atoms with Crippen LogP contribution in [0.25, 0.3) is 0 Å². The molecule has 0 N–H and O–H groups in total. The first kappa shape index (κ1) is 35.9. The van der Waals surface area contributed by atoms with Gasteiger partial charge in [-0.25, -0.2) is 22.5 Å². The van der Waals surface area contributed by atoms with E-state index in [2.05, 4.69) is 75.7 Å². The SMILES string of the molecule is C[Si](C)(C)C1=CC[C-]=C1.C[Si](C)(C)C1=CC[C-]=C1.Cl.Cl.[CH3-].[CH3-].[SiH2]=[Ti]. The van der Waals surface area contributed by atoms with Gasteiger partial charge in [0.1, 0.15) is 0 Å². The molecule has 24 heavy (non-hydrogen) atoms. The van der Waals surface area contributed by atoms with Crippen molar-refractivity contribution >= 4 is 48.6 Å². The Bertz CT molecular complexity index is 389. The van der Waals surface area contributed by atoms with Crippen LogP contribution in [-0.2, 0) is 19.2 Å². The number of rotatable bonds is 2. The molecule has 2 aliphatic rings. The van der Waals surface area contributed by atoms with Gasteiger partial charge in [-0.05, 0) is 16.1 Å². The third kappa shape index (κ3) is 15.2. The van der Waals surface area contributed by atoms with Crippen molar-refractivity contribution in [1.82, 2.24) is 0 Å². The molecule has 142 valence electrons. The average molecular weight is 456 g/mol. The quantitative estimate of drug-likeness (QED) is 0.358. The van der Waals surface area contributed by atoms with Gasteiger partial charge in [0.05, 0.1) is 0 Å². The molecular weight excluding hydrogens is 419 g/mol. The molecule has 0 fully saturated rings. The van der Waals surface area contributed by atoms with Gasteiger partial charge < -0.3 is 14.9 Å². The first-order valence-corrected chi connectivity index (χ1v) is 18.1. The van der Waals surface area contributed by atoms with Gasteiger partial charge in [0.15, 0.2) is 0 Å². The second-order valence-corrected chi connectivity index (χ2v) is 17.1. The molecule has 0 aromatic heterocycles. The van der Waals surface area contributed by atoms with E-state index in [9.17, 15) is 0 Å². The molecule has 0 amide bonds. The molecule has 0 spiro atoms. The summed E-state index contributed by atoms with van der Waals surface area (Å²) < 4.78 is 0. The second kappa shape index (κ2) is 17.3. The predicted molar refractivity (Wildman–Crippen MR) is 124 cm³/mol. The van der Waals surface area contributed by atoms with Crippen molar-refractivity contribution in [3.05, 3.63) is 61.7 Å². The molecule has 0 aromatic carbocycles. The second-order valence-electron chi connectivity index (χ2n) is 6.92. The predicted octanol–water partition coefficient (Wildman–Crippen LogP) is 5.93. The molecule has 0 saturated heterocycles. The summed E-state index contributed by atoms with van der Waals surface area (Å²) in [6.45, 7) is 14.2. The summed E-state index contributed by atoms with van der Waals surface area (Å²) in [5.41, 5.74) is 0. The van der Waals surface area contributed by atoms with E-state index in [1.807, 2.05) is 26.8 Å². The summed E-state index contributed by atoms with van der Waals surface area (Å²) in [6.07, 6.45) is 17.4. The summed E-state index contributed by atoms with van der Waals surface area (Å²) in [5.74, 6) is 0. The molecule has 0 aromatic rings. The van der Waals surface area contributed by atoms with Gasteiger partial charge in [-0.3, -0.25) is 12.2 Å². The molecule has 0 saturated carbocycles. The molecular formula is C18H36Cl2Si3Ti-4. The molecule has 0 nitrogen and oxygen atoms in total. The molecule has 2 rings (SSSR count). The minimum atomic E-state index is -0.981. The summed E-state index contributed by atoms with van der Waals surface area (Å²) in [4.78, 5) is 0. The average Bonchev–Trinajstić information content (AvgIpc) is 3.04. The Balaban J connectivity index is -0.0000000789. The van der Waals surface area contributed by atoms with Crippen molar-refractivity contribution in [2.75, 3.05) is 0 Å². The monoisotopic (exact) mass is 454 g/mol. The van der Waals surface area contributed by atoms with E-state index in [0.29, 0.717) is 0 Å². The summed E-state index contributed by atoms with van der Waals surface area (Å²) >= 11 is 2.03. The zero-order valence-electron chi connectivity index (χ0n) is 16.7. The van der Waals surface area contributed by atoms with Gasteiger partial charge in [0.2, 0.25) is 0 Å². The van der Waals surface area contributed by atoms with E-state index in [-0.39, 0.29) is 39.7 Å². The molecule has 6 heteroatoms. The van der Waals surface area contributed by atoms with E-state index < -0.39 is 16.1 Å².